The fourth-order valence-electron chi connectivity index (χ4n) is 2.88. The Bertz CT molecular complexity index is 365. The van der Waals surface area contributed by atoms with Crippen LogP contribution in [0.25, 0.3) is 0 Å². The third kappa shape index (κ3) is 3.97. The van der Waals surface area contributed by atoms with Gasteiger partial charge in [-0.1, -0.05) is 32.4 Å². The second-order valence-corrected chi connectivity index (χ2v) is 5.69. The molecule has 1 aromatic rings. The maximum Gasteiger partial charge on any atom is 0.119 e. The molecule has 0 aromatic heterocycles. The molecule has 0 radical (unpaired) electrons. The predicted molar refractivity (Wildman–Crippen MR) is 80.8 cm³/mol. The summed E-state index contributed by atoms with van der Waals surface area (Å²) in [6.45, 7) is 6.48. The van der Waals surface area contributed by atoms with Gasteiger partial charge in [-0.25, -0.2) is 0 Å². The van der Waals surface area contributed by atoms with Crippen molar-refractivity contribution in [1.82, 2.24) is 5.32 Å². The lowest BCUT2D eigenvalue weighted by molar-refractivity contribution is 0.309. The van der Waals surface area contributed by atoms with Crippen molar-refractivity contribution in [1.29, 1.82) is 0 Å². The second kappa shape index (κ2) is 6.95. The van der Waals surface area contributed by atoms with Gasteiger partial charge >= 0.3 is 0 Å². The van der Waals surface area contributed by atoms with Crippen molar-refractivity contribution in [2.45, 2.75) is 57.9 Å². The molecule has 2 heteroatoms. The Morgan fingerprint density at radius 1 is 1.21 bits per heavy atom. The molecule has 1 N–H and O–H groups in total. The van der Waals surface area contributed by atoms with Crippen LogP contribution in [-0.4, -0.2) is 18.7 Å². The molecule has 0 aliphatic carbocycles. The van der Waals surface area contributed by atoms with Crippen molar-refractivity contribution in [2.24, 2.45) is 0 Å². The van der Waals surface area contributed by atoms with Crippen molar-refractivity contribution in [2.75, 3.05) is 13.2 Å². The molecule has 0 spiro atoms. The van der Waals surface area contributed by atoms with E-state index in [0.717, 1.165) is 25.2 Å². The van der Waals surface area contributed by atoms with Crippen LogP contribution >= 0.6 is 0 Å². The normalized spacial score (nSPS) is 22.6. The third-order valence-corrected chi connectivity index (χ3v) is 4.24. The molecule has 0 amide bonds. The first kappa shape index (κ1) is 14.4. The fraction of sp³-hybridized carbons (Fsp3) is 0.647. The van der Waals surface area contributed by atoms with Gasteiger partial charge in [-0.3, -0.25) is 0 Å². The summed E-state index contributed by atoms with van der Waals surface area (Å²) < 4.78 is 5.71. The maximum absolute atomic E-state index is 5.71. The number of hydrogen-bond acceptors (Lipinski definition) is 2. The summed E-state index contributed by atoms with van der Waals surface area (Å²) in [6.07, 6.45) is 7.28. The van der Waals surface area contributed by atoms with Crippen LogP contribution in [0.1, 0.15) is 51.5 Å². The number of hydrogen-bond donors (Lipinski definition) is 1. The third-order valence-electron chi connectivity index (χ3n) is 4.24. The average molecular weight is 261 g/mol. The Morgan fingerprint density at radius 3 is 2.58 bits per heavy atom. The SMILES string of the molecule is CCCCOc1ccc(CC2(CC)CCCN2)cc1. The van der Waals surface area contributed by atoms with Crippen LogP contribution in [0.3, 0.4) is 0 Å². The van der Waals surface area contributed by atoms with Crippen LogP contribution in [0, 0.1) is 0 Å². The van der Waals surface area contributed by atoms with Crippen LogP contribution in [0.2, 0.25) is 0 Å². The molecule has 106 valence electrons. The summed E-state index contributed by atoms with van der Waals surface area (Å²) in [5.74, 6) is 1.00. The molecule has 0 saturated carbocycles. The van der Waals surface area contributed by atoms with Gasteiger partial charge in [0, 0.05) is 5.54 Å². The number of unbranched alkanes of at least 4 members (excludes halogenated alkanes) is 1. The fourth-order valence-corrected chi connectivity index (χ4v) is 2.88. The minimum Gasteiger partial charge on any atom is -0.494 e. The highest BCUT2D eigenvalue weighted by Gasteiger charge is 2.31. The largest absolute Gasteiger partial charge is 0.494 e. The van der Waals surface area contributed by atoms with E-state index in [9.17, 15) is 0 Å². The first-order valence-electron chi connectivity index (χ1n) is 7.75. The molecule has 1 unspecified atom stereocenters. The van der Waals surface area contributed by atoms with Crippen molar-refractivity contribution in [3.8, 4) is 5.75 Å². The molecule has 1 heterocycles. The summed E-state index contributed by atoms with van der Waals surface area (Å²) in [6, 6.07) is 8.67. The van der Waals surface area contributed by atoms with Crippen molar-refractivity contribution in [3.05, 3.63) is 29.8 Å². The maximum atomic E-state index is 5.71. The molecule has 2 nitrogen and oxygen atoms in total. The molecule has 1 aliphatic heterocycles. The second-order valence-electron chi connectivity index (χ2n) is 5.69. The molecule has 1 aliphatic rings. The Kier molecular flexibility index (Phi) is 5.26. The molecule has 2 rings (SSSR count). The first-order valence-corrected chi connectivity index (χ1v) is 7.75. The van der Waals surface area contributed by atoms with Gasteiger partial charge in [0.05, 0.1) is 6.61 Å². The van der Waals surface area contributed by atoms with E-state index < -0.39 is 0 Å². The lowest BCUT2D eigenvalue weighted by Gasteiger charge is -2.28. The summed E-state index contributed by atoms with van der Waals surface area (Å²) in [5.41, 5.74) is 1.75. The van der Waals surface area contributed by atoms with Gasteiger partial charge in [0.2, 0.25) is 0 Å². The number of nitrogens with one attached hydrogen (secondary N) is 1. The smallest absolute Gasteiger partial charge is 0.119 e. The van der Waals surface area contributed by atoms with Crippen molar-refractivity contribution in [3.63, 3.8) is 0 Å². The lowest BCUT2D eigenvalue weighted by atomic mass is 9.87. The van der Waals surface area contributed by atoms with E-state index in [2.05, 4.69) is 43.4 Å². The minimum atomic E-state index is 0.338. The van der Waals surface area contributed by atoms with Crippen LogP contribution < -0.4 is 10.1 Å². The van der Waals surface area contributed by atoms with Gasteiger partial charge in [-0.15, -0.1) is 0 Å². The molecule has 1 saturated heterocycles. The van der Waals surface area contributed by atoms with Crippen LogP contribution in [0.4, 0.5) is 0 Å². The number of ether oxygens (including phenoxy) is 1. The minimum absolute atomic E-state index is 0.338. The number of benzene rings is 1. The van der Waals surface area contributed by atoms with E-state index in [1.54, 1.807) is 0 Å². The van der Waals surface area contributed by atoms with E-state index in [-0.39, 0.29) is 0 Å². The molecule has 1 fully saturated rings. The van der Waals surface area contributed by atoms with Crippen molar-refractivity contribution < 1.29 is 4.74 Å². The highest BCUT2D eigenvalue weighted by Crippen LogP contribution is 2.27. The van der Waals surface area contributed by atoms with Gasteiger partial charge in [0.25, 0.3) is 0 Å². The Balaban J connectivity index is 1.90. The number of rotatable bonds is 7. The quantitative estimate of drug-likeness (QED) is 0.751. The van der Waals surface area contributed by atoms with E-state index in [0.29, 0.717) is 5.54 Å². The molecule has 1 atom stereocenters. The Hall–Kier alpha value is -1.02. The molecular weight excluding hydrogens is 234 g/mol. The van der Waals surface area contributed by atoms with Gasteiger partial charge in [0.15, 0.2) is 0 Å². The standard InChI is InChI=1S/C17H27NO/c1-3-5-13-19-16-9-7-15(8-10-16)14-17(4-2)11-6-12-18-17/h7-10,18H,3-6,11-14H2,1-2H3. The highest BCUT2D eigenvalue weighted by molar-refractivity contribution is 5.28. The summed E-state index contributed by atoms with van der Waals surface area (Å²) in [5, 5.41) is 3.69. The Labute approximate surface area is 117 Å². The molecule has 0 bridgehead atoms. The molecular formula is C17H27NO. The molecule has 19 heavy (non-hydrogen) atoms. The lowest BCUT2D eigenvalue weighted by Crippen LogP contribution is -2.41. The van der Waals surface area contributed by atoms with Crippen LogP contribution in [0.5, 0.6) is 5.75 Å². The monoisotopic (exact) mass is 261 g/mol. The Morgan fingerprint density at radius 2 is 2.00 bits per heavy atom. The van der Waals surface area contributed by atoms with Crippen molar-refractivity contribution >= 4 is 0 Å². The van der Waals surface area contributed by atoms with E-state index in [1.165, 1.54) is 37.8 Å². The first-order chi connectivity index (χ1) is 9.28. The van der Waals surface area contributed by atoms with E-state index >= 15 is 0 Å². The van der Waals surface area contributed by atoms with Gasteiger partial charge in [-0.2, -0.15) is 0 Å². The molecule has 1 aromatic carbocycles. The highest BCUT2D eigenvalue weighted by atomic mass is 16.5. The zero-order valence-corrected chi connectivity index (χ0v) is 12.4. The zero-order chi connectivity index (χ0) is 13.6. The topological polar surface area (TPSA) is 21.3 Å². The summed E-state index contributed by atoms with van der Waals surface area (Å²) in [7, 11) is 0. The summed E-state index contributed by atoms with van der Waals surface area (Å²) >= 11 is 0. The van der Waals surface area contributed by atoms with Gasteiger partial charge in [0.1, 0.15) is 5.75 Å². The van der Waals surface area contributed by atoms with E-state index in [4.69, 9.17) is 4.74 Å². The van der Waals surface area contributed by atoms with E-state index in [1.807, 2.05) is 0 Å². The zero-order valence-electron chi connectivity index (χ0n) is 12.4. The van der Waals surface area contributed by atoms with Crippen LogP contribution in [0.15, 0.2) is 24.3 Å². The van der Waals surface area contributed by atoms with Gasteiger partial charge < -0.3 is 10.1 Å². The average Bonchev–Trinajstić information content (AvgIpc) is 2.90. The predicted octanol–water partition coefficient (Wildman–Crippen LogP) is 3.94. The summed E-state index contributed by atoms with van der Waals surface area (Å²) in [4.78, 5) is 0. The van der Waals surface area contributed by atoms with Crippen LogP contribution in [-0.2, 0) is 6.42 Å². The van der Waals surface area contributed by atoms with Gasteiger partial charge in [-0.05, 0) is 56.3 Å².